The predicted molar refractivity (Wildman–Crippen MR) is 160 cm³/mol. The molecule has 1 saturated heterocycles. The van der Waals surface area contributed by atoms with Crippen LogP contribution in [0.2, 0.25) is 0 Å². The number of carbonyl (C=O) groups excluding carboxylic acids is 4. The number of benzene rings is 4. The van der Waals surface area contributed by atoms with E-state index in [1.165, 1.54) is 31.4 Å². The number of amides is 2. The second-order valence-electron chi connectivity index (χ2n) is 10.8. The van der Waals surface area contributed by atoms with Crippen LogP contribution in [0.5, 0.6) is 5.75 Å². The van der Waals surface area contributed by atoms with Crippen LogP contribution in [0, 0.1) is 11.8 Å². The molecule has 7 nitrogen and oxygen atoms in total. The topological polar surface area (TPSA) is 90.0 Å². The summed E-state index contributed by atoms with van der Waals surface area (Å²) < 4.78 is 10.4. The van der Waals surface area contributed by atoms with Gasteiger partial charge in [-0.2, -0.15) is 0 Å². The molecule has 4 aromatic rings. The lowest BCUT2D eigenvalue weighted by Gasteiger charge is -2.54. The molecular weight excluding hydrogens is 589 g/mol. The zero-order chi connectivity index (χ0) is 30.1. The number of ether oxygens (including phenoxy) is 2. The highest BCUT2D eigenvalue weighted by Crippen LogP contribution is 2.69. The van der Waals surface area contributed by atoms with Crippen LogP contribution in [0.15, 0.2) is 97.1 Å². The Kier molecular flexibility index (Phi) is 6.24. The molecule has 0 aromatic heterocycles. The first-order valence-corrected chi connectivity index (χ1v) is 14.4. The highest BCUT2D eigenvalue weighted by Gasteiger charge is 2.73. The van der Waals surface area contributed by atoms with E-state index in [9.17, 15) is 19.2 Å². The highest BCUT2D eigenvalue weighted by atomic mass is 35.5. The lowest BCUT2D eigenvalue weighted by Crippen LogP contribution is -2.57. The minimum Gasteiger partial charge on any atom is -0.497 e. The van der Waals surface area contributed by atoms with Gasteiger partial charge in [0, 0.05) is 5.56 Å². The number of esters is 1. The van der Waals surface area contributed by atoms with Gasteiger partial charge in [0.15, 0.2) is 12.4 Å². The van der Waals surface area contributed by atoms with E-state index in [4.69, 9.17) is 32.7 Å². The van der Waals surface area contributed by atoms with Gasteiger partial charge in [0.1, 0.15) is 15.5 Å². The molecule has 4 aromatic carbocycles. The van der Waals surface area contributed by atoms with E-state index < -0.39 is 46.0 Å². The summed E-state index contributed by atoms with van der Waals surface area (Å²) in [6.45, 7) is -0.461. The zero-order valence-electron chi connectivity index (χ0n) is 22.8. The maximum atomic E-state index is 14.1. The SMILES string of the molecule is COc1cccc(C(=O)COC(=O)c2ccc(N3C(=O)[C@@H]4[C@H](C3=O)C3(Cl)c5ccccc5C4(Cl)c4ccccc43)cc2)c1. The van der Waals surface area contributed by atoms with Crippen molar-refractivity contribution in [2.45, 2.75) is 9.75 Å². The summed E-state index contributed by atoms with van der Waals surface area (Å²) >= 11 is 14.9. The summed E-state index contributed by atoms with van der Waals surface area (Å²) in [5, 5.41) is 0. The van der Waals surface area contributed by atoms with E-state index in [1.54, 1.807) is 24.3 Å². The van der Waals surface area contributed by atoms with Gasteiger partial charge in [-0.15, -0.1) is 23.2 Å². The second kappa shape index (κ2) is 9.79. The molecule has 9 heteroatoms. The van der Waals surface area contributed by atoms with E-state index in [0.29, 0.717) is 11.3 Å². The molecule has 3 aliphatic carbocycles. The number of hydrogen-bond acceptors (Lipinski definition) is 6. The molecule has 8 rings (SSSR count). The molecule has 214 valence electrons. The number of carbonyl (C=O) groups is 4. The number of hydrogen-bond donors (Lipinski definition) is 0. The summed E-state index contributed by atoms with van der Waals surface area (Å²) in [7, 11) is 1.49. The number of ketones is 1. The Hall–Kier alpha value is -4.46. The first kappa shape index (κ1) is 27.4. The van der Waals surface area contributed by atoms with Gasteiger partial charge in [0.25, 0.3) is 0 Å². The van der Waals surface area contributed by atoms with Gasteiger partial charge in [-0.25, -0.2) is 9.69 Å². The fourth-order valence-corrected chi connectivity index (χ4v) is 7.86. The fourth-order valence-electron chi connectivity index (χ4n) is 6.76. The fraction of sp³-hybridized carbons (Fsp3) is 0.176. The van der Waals surface area contributed by atoms with E-state index >= 15 is 0 Å². The van der Waals surface area contributed by atoms with Gasteiger partial charge in [0.05, 0.1) is 30.2 Å². The van der Waals surface area contributed by atoms with Gasteiger partial charge >= 0.3 is 5.97 Å². The largest absolute Gasteiger partial charge is 0.497 e. The maximum absolute atomic E-state index is 14.1. The van der Waals surface area contributed by atoms with Crippen molar-refractivity contribution in [3.8, 4) is 5.75 Å². The monoisotopic (exact) mass is 611 g/mol. The lowest BCUT2D eigenvalue weighted by atomic mass is 9.54. The van der Waals surface area contributed by atoms with Crippen molar-refractivity contribution in [1.29, 1.82) is 0 Å². The van der Waals surface area contributed by atoms with Crippen molar-refractivity contribution in [2.24, 2.45) is 11.8 Å². The molecule has 43 heavy (non-hydrogen) atoms. The Morgan fingerprint density at radius 3 is 1.72 bits per heavy atom. The Balaban J connectivity index is 1.16. The van der Waals surface area contributed by atoms with Crippen LogP contribution >= 0.6 is 23.2 Å². The summed E-state index contributed by atoms with van der Waals surface area (Å²) in [5.41, 5.74) is 3.66. The molecule has 1 aliphatic heterocycles. The normalized spacial score (nSPS) is 24.7. The number of alkyl halides is 2. The lowest BCUT2D eigenvalue weighted by molar-refractivity contribution is -0.122. The van der Waals surface area contributed by atoms with Crippen molar-refractivity contribution in [1.82, 2.24) is 0 Å². The van der Waals surface area contributed by atoms with Crippen LogP contribution in [-0.2, 0) is 24.1 Å². The van der Waals surface area contributed by atoms with E-state index in [2.05, 4.69) is 0 Å². The van der Waals surface area contributed by atoms with Crippen LogP contribution in [0.25, 0.3) is 0 Å². The first-order chi connectivity index (χ1) is 20.7. The van der Waals surface area contributed by atoms with E-state index in [0.717, 1.165) is 27.2 Å². The summed E-state index contributed by atoms with van der Waals surface area (Å²) in [5.74, 6) is -3.39. The van der Waals surface area contributed by atoms with Crippen LogP contribution in [-0.4, -0.2) is 37.3 Å². The maximum Gasteiger partial charge on any atom is 0.338 e. The Bertz CT molecular complexity index is 1730. The third kappa shape index (κ3) is 3.74. The molecule has 0 radical (unpaired) electrons. The number of halogens is 2. The van der Waals surface area contributed by atoms with Crippen LogP contribution < -0.4 is 9.64 Å². The molecule has 2 atom stereocenters. The zero-order valence-corrected chi connectivity index (χ0v) is 24.3. The molecule has 2 bridgehead atoms. The average Bonchev–Trinajstić information content (AvgIpc) is 3.33. The van der Waals surface area contributed by atoms with Crippen molar-refractivity contribution < 1.29 is 28.7 Å². The smallest absolute Gasteiger partial charge is 0.338 e. The van der Waals surface area contributed by atoms with Crippen LogP contribution in [0.3, 0.4) is 0 Å². The highest BCUT2D eigenvalue weighted by molar-refractivity contribution is 6.38. The molecule has 4 aliphatic rings. The number of imide groups is 1. The molecule has 2 amide bonds. The standard InChI is InChI=1S/C34H23Cl2NO6/c1-42-22-8-6-7-20(17-22)27(38)18-43-32(41)19-13-15-21(16-14-19)37-30(39)28-29(31(37)40)34(36)24-10-3-2-9-23(24)33(28,35)25-11-4-5-12-26(25)34/h2-17,28-29H,18H2,1H3/t28-,29+,33?,34?. The minimum atomic E-state index is -1.28. The number of anilines is 1. The van der Waals surface area contributed by atoms with Gasteiger partial charge in [-0.1, -0.05) is 60.7 Å². The second-order valence-corrected chi connectivity index (χ2v) is 12.0. The van der Waals surface area contributed by atoms with Crippen molar-refractivity contribution in [3.05, 3.63) is 130 Å². The van der Waals surface area contributed by atoms with Crippen molar-refractivity contribution in [3.63, 3.8) is 0 Å². The molecule has 0 spiro atoms. The molecule has 1 fully saturated rings. The molecule has 0 N–H and O–H groups in total. The van der Waals surface area contributed by atoms with E-state index in [1.807, 2.05) is 48.5 Å². The number of rotatable bonds is 6. The van der Waals surface area contributed by atoms with Crippen LogP contribution in [0.1, 0.15) is 43.0 Å². The average molecular weight is 612 g/mol. The third-order valence-electron chi connectivity index (χ3n) is 8.67. The summed E-state index contributed by atoms with van der Waals surface area (Å²) in [6, 6.07) is 27.3. The van der Waals surface area contributed by atoms with Gasteiger partial charge in [-0.05, 0) is 58.7 Å². The Labute approximate surface area is 256 Å². The first-order valence-electron chi connectivity index (χ1n) is 13.6. The quantitative estimate of drug-likeness (QED) is 0.118. The van der Waals surface area contributed by atoms with E-state index in [-0.39, 0.29) is 17.0 Å². The van der Waals surface area contributed by atoms with Crippen molar-refractivity contribution in [2.75, 3.05) is 18.6 Å². The van der Waals surface area contributed by atoms with Crippen molar-refractivity contribution >= 4 is 52.5 Å². The Morgan fingerprint density at radius 1 is 0.721 bits per heavy atom. The summed E-state index contributed by atoms with van der Waals surface area (Å²) in [4.78, 5) is 52.0. The number of nitrogens with zero attached hydrogens (tertiary/aromatic N) is 1. The Morgan fingerprint density at radius 2 is 1.23 bits per heavy atom. The van der Waals surface area contributed by atoms with Gasteiger partial charge < -0.3 is 9.47 Å². The molecule has 1 heterocycles. The number of Topliss-reactive ketones (excluding diaryl/α,β-unsaturated/α-hetero) is 1. The minimum absolute atomic E-state index is 0.154. The van der Waals surface area contributed by atoms with Gasteiger partial charge in [0.2, 0.25) is 11.8 Å². The molecular formula is C34H23Cl2NO6. The van der Waals surface area contributed by atoms with Gasteiger partial charge in [-0.3, -0.25) is 14.4 Å². The summed E-state index contributed by atoms with van der Waals surface area (Å²) in [6.07, 6.45) is 0. The number of methoxy groups -OCH3 is 1. The third-order valence-corrected chi connectivity index (χ3v) is 9.96. The van der Waals surface area contributed by atoms with Crippen LogP contribution in [0.4, 0.5) is 5.69 Å². The predicted octanol–water partition coefficient (Wildman–Crippen LogP) is 5.83. The molecule has 0 unspecified atom stereocenters. The molecule has 0 saturated carbocycles.